The Balaban J connectivity index is 1.78. The van der Waals surface area contributed by atoms with Gasteiger partial charge in [-0.1, -0.05) is 30.3 Å². The number of halogens is 3. The van der Waals surface area contributed by atoms with Crippen molar-refractivity contribution in [1.29, 1.82) is 0 Å². The van der Waals surface area contributed by atoms with Crippen molar-refractivity contribution in [1.82, 2.24) is 4.98 Å². The van der Waals surface area contributed by atoms with Gasteiger partial charge in [-0.2, -0.15) is 18.3 Å². The first-order valence-electron chi connectivity index (χ1n) is 9.13. The average molecular weight is 446 g/mol. The van der Waals surface area contributed by atoms with E-state index in [2.05, 4.69) is 15.5 Å². The Morgan fingerprint density at radius 2 is 1.91 bits per heavy atom. The summed E-state index contributed by atoms with van der Waals surface area (Å²) in [4.78, 5) is 14.5. The van der Waals surface area contributed by atoms with Gasteiger partial charge in [0.05, 0.1) is 35.4 Å². The van der Waals surface area contributed by atoms with Gasteiger partial charge in [0.1, 0.15) is 12.4 Å². The highest BCUT2D eigenvalue weighted by atomic mass is 19.4. The van der Waals surface area contributed by atoms with E-state index in [9.17, 15) is 23.3 Å². The van der Waals surface area contributed by atoms with Gasteiger partial charge in [-0.15, -0.1) is 0 Å². The molecular formula is C21H17F3N4O4. The Labute approximate surface area is 180 Å². The van der Waals surface area contributed by atoms with Crippen molar-refractivity contribution in [3.05, 3.63) is 87.6 Å². The quantitative estimate of drug-likeness (QED) is 0.296. The lowest BCUT2D eigenvalue weighted by Gasteiger charge is -2.12. The third-order valence-corrected chi connectivity index (χ3v) is 4.22. The fourth-order valence-electron chi connectivity index (χ4n) is 2.63. The van der Waals surface area contributed by atoms with Crippen LogP contribution in [0.15, 0.2) is 65.9 Å². The smallest absolute Gasteiger partial charge is 0.417 e. The molecule has 0 radical (unpaired) electrons. The fourth-order valence-corrected chi connectivity index (χ4v) is 2.63. The number of nitrogens with one attached hydrogen (secondary N) is 1. The molecular weight excluding hydrogens is 429 g/mol. The molecule has 166 valence electrons. The largest absolute Gasteiger partial charge is 0.493 e. The van der Waals surface area contributed by atoms with E-state index in [0.717, 1.165) is 23.9 Å². The van der Waals surface area contributed by atoms with Crippen LogP contribution in [0.5, 0.6) is 11.5 Å². The fraction of sp³-hybridized carbons (Fsp3) is 0.143. The monoisotopic (exact) mass is 446 g/mol. The third kappa shape index (κ3) is 5.72. The van der Waals surface area contributed by atoms with Crippen molar-refractivity contribution in [3.8, 4) is 11.5 Å². The maximum atomic E-state index is 12.6. The predicted octanol–water partition coefficient (Wildman–Crippen LogP) is 5.04. The predicted molar refractivity (Wildman–Crippen MR) is 111 cm³/mol. The van der Waals surface area contributed by atoms with Gasteiger partial charge in [0.15, 0.2) is 11.5 Å². The van der Waals surface area contributed by atoms with Crippen molar-refractivity contribution < 1.29 is 27.6 Å². The molecule has 0 saturated heterocycles. The zero-order valence-electron chi connectivity index (χ0n) is 16.7. The maximum absolute atomic E-state index is 12.6. The number of aromatic nitrogens is 1. The second kappa shape index (κ2) is 9.77. The zero-order valence-corrected chi connectivity index (χ0v) is 16.7. The van der Waals surface area contributed by atoms with Crippen LogP contribution in [-0.2, 0) is 12.8 Å². The van der Waals surface area contributed by atoms with Gasteiger partial charge in [0.2, 0.25) is 0 Å². The summed E-state index contributed by atoms with van der Waals surface area (Å²) in [5, 5.41) is 15.3. The van der Waals surface area contributed by atoms with Crippen LogP contribution in [-0.4, -0.2) is 23.2 Å². The number of pyridine rings is 1. The van der Waals surface area contributed by atoms with Crippen LogP contribution >= 0.6 is 0 Å². The van der Waals surface area contributed by atoms with Gasteiger partial charge in [0, 0.05) is 6.20 Å². The van der Waals surface area contributed by atoms with Crippen LogP contribution in [0.2, 0.25) is 0 Å². The Kier molecular flexibility index (Phi) is 6.88. The Hall–Kier alpha value is -4.15. The average Bonchev–Trinajstić information content (AvgIpc) is 2.78. The molecule has 3 rings (SSSR count). The molecule has 1 N–H and O–H groups in total. The Morgan fingerprint density at radius 3 is 2.50 bits per heavy atom. The van der Waals surface area contributed by atoms with E-state index in [-0.39, 0.29) is 35.2 Å². The molecule has 2 aromatic carbocycles. The van der Waals surface area contributed by atoms with E-state index in [0.29, 0.717) is 6.20 Å². The van der Waals surface area contributed by atoms with E-state index in [4.69, 9.17) is 9.47 Å². The number of hydrogen-bond donors (Lipinski definition) is 1. The minimum absolute atomic E-state index is 0.0340. The summed E-state index contributed by atoms with van der Waals surface area (Å²) in [5.74, 6) is 0.463. The number of nitro benzene ring substituents is 1. The number of hydrazone groups is 1. The van der Waals surface area contributed by atoms with Crippen LogP contribution in [0, 0.1) is 10.1 Å². The SMILES string of the molecule is COc1cc(/C=N\Nc2ccc(C(F)(F)F)cn2)c([N+](=O)[O-])cc1OCc1ccccc1. The molecule has 1 aromatic heterocycles. The number of benzene rings is 2. The van der Waals surface area contributed by atoms with Gasteiger partial charge in [-0.3, -0.25) is 15.5 Å². The second-order valence-electron chi connectivity index (χ2n) is 6.39. The lowest BCUT2D eigenvalue weighted by atomic mass is 10.1. The highest BCUT2D eigenvalue weighted by molar-refractivity contribution is 5.87. The number of anilines is 1. The number of alkyl halides is 3. The molecule has 1 heterocycles. The standard InChI is InChI=1S/C21H17F3N4O4/c1-31-18-9-15(11-26-27-20-8-7-16(12-25-20)21(22,23)24)17(28(29)30)10-19(18)32-13-14-5-3-2-4-6-14/h2-12H,13H2,1H3,(H,25,27)/b26-11-. The van der Waals surface area contributed by atoms with E-state index < -0.39 is 16.7 Å². The first-order valence-corrected chi connectivity index (χ1v) is 9.13. The number of rotatable bonds is 8. The summed E-state index contributed by atoms with van der Waals surface area (Å²) in [7, 11) is 1.39. The number of methoxy groups -OCH3 is 1. The van der Waals surface area contributed by atoms with Crippen LogP contribution in [0.25, 0.3) is 0 Å². The van der Waals surface area contributed by atoms with Crippen molar-refractivity contribution in [2.75, 3.05) is 12.5 Å². The number of hydrogen-bond acceptors (Lipinski definition) is 7. The van der Waals surface area contributed by atoms with Crippen molar-refractivity contribution in [2.45, 2.75) is 12.8 Å². The normalized spacial score (nSPS) is 11.4. The molecule has 0 spiro atoms. The van der Waals surface area contributed by atoms with Crippen LogP contribution in [0.4, 0.5) is 24.7 Å². The molecule has 0 aliphatic heterocycles. The lowest BCUT2D eigenvalue weighted by Crippen LogP contribution is -2.06. The summed E-state index contributed by atoms with van der Waals surface area (Å²) in [6.07, 6.45) is -2.71. The Bertz CT molecular complexity index is 1100. The van der Waals surface area contributed by atoms with E-state index in [1.165, 1.54) is 19.2 Å². The van der Waals surface area contributed by atoms with Crippen LogP contribution < -0.4 is 14.9 Å². The summed E-state index contributed by atoms with van der Waals surface area (Å²) < 4.78 is 48.7. The van der Waals surface area contributed by atoms with Crippen molar-refractivity contribution in [2.24, 2.45) is 5.10 Å². The molecule has 0 fully saturated rings. The molecule has 32 heavy (non-hydrogen) atoms. The highest BCUT2D eigenvalue weighted by Gasteiger charge is 2.30. The molecule has 0 unspecified atom stereocenters. The van der Waals surface area contributed by atoms with E-state index in [1.54, 1.807) is 0 Å². The van der Waals surface area contributed by atoms with Crippen molar-refractivity contribution in [3.63, 3.8) is 0 Å². The molecule has 0 saturated carbocycles. The van der Waals surface area contributed by atoms with Gasteiger partial charge >= 0.3 is 6.18 Å². The van der Waals surface area contributed by atoms with Crippen molar-refractivity contribution >= 4 is 17.7 Å². The second-order valence-corrected chi connectivity index (χ2v) is 6.39. The topological polar surface area (TPSA) is 98.9 Å². The Morgan fingerprint density at radius 1 is 1.16 bits per heavy atom. The summed E-state index contributed by atoms with van der Waals surface area (Å²) in [5.41, 5.74) is 2.20. The minimum Gasteiger partial charge on any atom is -0.493 e. The zero-order chi connectivity index (χ0) is 23.1. The summed E-state index contributed by atoms with van der Waals surface area (Å²) >= 11 is 0. The molecule has 0 aliphatic carbocycles. The molecule has 0 amide bonds. The first kappa shape index (κ1) is 22.5. The van der Waals surface area contributed by atoms with Gasteiger partial charge in [0.25, 0.3) is 5.69 Å². The van der Waals surface area contributed by atoms with E-state index >= 15 is 0 Å². The molecule has 0 atom stereocenters. The van der Waals surface area contributed by atoms with Gasteiger partial charge in [-0.05, 0) is 23.8 Å². The van der Waals surface area contributed by atoms with Crippen LogP contribution in [0.1, 0.15) is 16.7 Å². The third-order valence-electron chi connectivity index (χ3n) is 4.22. The first-order chi connectivity index (χ1) is 15.3. The number of ether oxygens (including phenoxy) is 2. The molecule has 11 heteroatoms. The molecule has 0 bridgehead atoms. The minimum atomic E-state index is -4.50. The van der Waals surface area contributed by atoms with Gasteiger partial charge < -0.3 is 9.47 Å². The number of nitrogens with zero attached hydrogens (tertiary/aromatic N) is 3. The van der Waals surface area contributed by atoms with Gasteiger partial charge in [-0.25, -0.2) is 4.98 Å². The number of nitro groups is 1. The highest BCUT2D eigenvalue weighted by Crippen LogP contribution is 2.34. The maximum Gasteiger partial charge on any atom is 0.417 e. The van der Waals surface area contributed by atoms with E-state index in [1.807, 2.05) is 30.3 Å². The lowest BCUT2D eigenvalue weighted by molar-refractivity contribution is -0.385. The van der Waals surface area contributed by atoms with Crippen LogP contribution in [0.3, 0.4) is 0 Å². The molecule has 8 nitrogen and oxygen atoms in total. The summed E-state index contributed by atoms with van der Waals surface area (Å²) in [6, 6.07) is 13.8. The molecule has 0 aliphatic rings. The summed E-state index contributed by atoms with van der Waals surface area (Å²) in [6.45, 7) is 0.183. The molecule has 3 aromatic rings.